The molecule has 64 valence electrons. The zero-order valence-electron chi connectivity index (χ0n) is 7.26. The van der Waals surface area contributed by atoms with Gasteiger partial charge in [-0.1, -0.05) is 53.2 Å². The Hall–Kier alpha value is -0.300. The molecule has 1 fully saturated rings. The highest BCUT2D eigenvalue weighted by molar-refractivity contribution is 9.09. The van der Waals surface area contributed by atoms with E-state index in [-0.39, 0.29) is 0 Å². The highest BCUT2D eigenvalue weighted by atomic mass is 79.9. The van der Waals surface area contributed by atoms with Crippen molar-refractivity contribution in [3.8, 4) is 0 Å². The molecule has 0 aliphatic heterocycles. The van der Waals surface area contributed by atoms with Gasteiger partial charge in [-0.25, -0.2) is 0 Å². The van der Waals surface area contributed by atoms with Crippen LogP contribution in [-0.4, -0.2) is 4.83 Å². The normalized spacial score (nSPS) is 33.3. The van der Waals surface area contributed by atoms with E-state index in [0.29, 0.717) is 5.41 Å². The third-order valence-corrected chi connectivity index (χ3v) is 4.12. The van der Waals surface area contributed by atoms with Crippen molar-refractivity contribution in [3.05, 3.63) is 35.9 Å². The zero-order valence-corrected chi connectivity index (χ0v) is 8.84. The van der Waals surface area contributed by atoms with Crippen LogP contribution in [0.25, 0.3) is 0 Å². The van der Waals surface area contributed by atoms with Crippen LogP contribution in [0.3, 0.4) is 0 Å². The van der Waals surface area contributed by atoms with Crippen molar-refractivity contribution in [2.75, 3.05) is 0 Å². The van der Waals surface area contributed by atoms with Crippen LogP contribution < -0.4 is 0 Å². The monoisotopic (exact) mass is 224 g/mol. The predicted octanol–water partition coefficient (Wildman–Crippen LogP) is 3.40. The molecule has 0 aromatic heterocycles. The summed E-state index contributed by atoms with van der Waals surface area (Å²) in [4.78, 5) is 0.741. The second kappa shape index (κ2) is 2.88. The van der Waals surface area contributed by atoms with Gasteiger partial charge in [-0.15, -0.1) is 0 Å². The SMILES string of the molecule is C[C@]1(Cc2ccccc2)C[C@H]1Br. The summed E-state index contributed by atoms with van der Waals surface area (Å²) in [5, 5.41) is 0. The largest absolute Gasteiger partial charge is 0.0884 e. The van der Waals surface area contributed by atoms with Crippen LogP contribution in [0.1, 0.15) is 18.9 Å². The van der Waals surface area contributed by atoms with Gasteiger partial charge < -0.3 is 0 Å². The first kappa shape index (κ1) is 8.31. The molecule has 1 aliphatic carbocycles. The van der Waals surface area contributed by atoms with Crippen LogP contribution in [0.15, 0.2) is 30.3 Å². The van der Waals surface area contributed by atoms with E-state index >= 15 is 0 Å². The summed E-state index contributed by atoms with van der Waals surface area (Å²) >= 11 is 3.66. The topological polar surface area (TPSA) is 0 Å². The van der Waals surface area contributed by atoms with Gasteiger partial charge in [0.1, 0.15) is 0 Å². The van der Waals surface area contributed by atoms with E-state index in [1.165, 1.54) is 18.4 Å². The Morgan fingerprint density at radius 2 is 2.00 bits per heavy atom. The van der Waals surface area contributed by atoms with E-state index in [2.05, 4.69) is 53.2 Å². The smallest absolute Gasteiger partial charge is 0.0208 e. The predicted molar refractivity (Wildman–Crippen MR) is 55.6 cm³/mol. The Morgan fingerprint density at radius 1 is 1.42 bits per heavy atom. The quantitative estimate of drug-likeness (QED) is 0.676. The highest BCUT2D eigenvalue weighted by Gasteiger charge is 2.47. The van der Waals surface area contributed by atoms with E-state index in [1.807, 2.05) is 0 Å². The van der Waals surface area contributed by atoms with Gasteiger partial charge in [-0.05, 0) is 23.8 Å². The first-order valence-corrected chi connectivity index (χ1v) is 5.30. The molecule has 0 N–H and O–H groups in total. The molecule has 2 atom stereocenters. The lowest BCUT2D eigenvalue weighted by Gasteiger charge is -2.08. The Morgan fingerprint density at radius 3 is 2.50 bits per heavy atom. The molecular weight excluding hydrogens is 212 g/mol. The average molecular weight is 225 g/mol. The molecule has 1 heteroatoms. The standard InChI is InChI=1S/C11H13Br/c1-11(8-10(11)12)7-9-5-3-2-4-6-9/h2-6,10H,7-8H2,1H3/t10-,11+/m1/s1. The average Bonchev–Trinajstić information content (AvgIpc) is 2.61. The van der Waals surface area contributed by atoms with Crippen molar-refractivity contribution in [1.29, 1.82) is 0 Å². The lowest BCUT2D eigenvalue weighted by atomic mass is 9.99. The molecule has 0 saturated heterocycles. The van der Waals surface area contributed by atoms with Gasteiger partial charge >= 0.3 is 0 Å². The van der Waals surface area contributed by atoms with Crippen molar-refractivity contribution in [2.45, 2.75) is 24.6 Å². The van der Waals surface area contributed by atoms with Crippen molar-refractivity contribution >= 4 is 15.9 Å². The molecule has 1 saturated carbocycles. The summed E-state index contributed by atoms with van der Waals surface area (Å²) in [6.45, 7) is 2.35. The first-order valence-electron chi connectivity index (χ1n) is 4.39. The zero-order chi connectivity index (χ0) is 8.60. The van der Waals surface area contributed by atoms with Crippen LogP contribution in [0.5, 0.6) is 0 Å². The molecule has 1 aromatic rings. The number of hydrogen-bond donors (Lipinski definition) is 0. The maximum absolute atomic E-state index is 3.66. The summed E-state index contributed by atoms with van der Waals surface area (Å²) < 4.78 is 0. The molecule has 1 aromatic carbocycles. The van der Waals surface area contributed by atoms with Gasteiger partial charge in [0.2, 0.25) is 0 Å². The van der Waals surface area contributed by atoms with E-state index in [4.69, 9.17) is 0 Å². The molecular formula is C11H13Br. The maximum Gasteiger partial charge on any atom is 0.0208 e. The molecule has 0 bridgehead atoms. The van der Waals surface area contributed by atoms with Gasteiger partial charge in [-0.3, -0.25) is 0 Å². The number of benzene rings is 1. The summed E-state index contributed by atoms with van der Waals surface area (Å²) in [6, 6.07) is 10.7. The lowest BCUT2D eigenvalue weighted by Crippen LogP contribution is -2.02. The van der Waals surface area contributed by atoms with Gasteiger partial charge in [-0.2, -0.15) is 0 Å². The number of rotatable bonds is 2. The van der Waals surface area contributed by atoms with Crippen molar-refractivity contribution in [3.63, 3.8) is 0 Å². The first-order chi connectivity index (χ1) is 5.71. The Kier molecular flexibility index (Phi) is 1.99. The molecule has 0 heterocycles. The number of hydrogen-bond acceptors (Lipinski definition) is 0. The summed E-state index contributed by atoms with van der Waals surface area (Å²) in [5.41, 5.74) is 1.99. The molecule has 2 rings (SSSR count). The molecule has 0 nitrogen and oxygen atoms in total. The van der Waals surface area contributed by atoms with Crippen LogP contribution >= 0.6 is 15.9 Å². The molecule has 0 unspecified atom stereocenters. The van der Waals surface area contributed by atoms with Crippen molar-refractivity contribution in [1.82, 2.24) is 0 Å². The number of alkyl halides is 1. The second-order valence-electron chi connectivity index (χ2n) is 3.99. The molecule has 0 spiro atoms. The summed E-state index contributed by atoms with van der Waals surface area (Å²) in [7, 11) is 0. The third-order valence-electron chi connectivity index (χ3n) is 2.69. The van der Waals surface area contributed by atoms with Gasteiger partial charge in [0.25, 0.3) is 0 Å². The number of halogens is 1. The fourth-order valence-corrected chi connectivity index (χ4v) is 2.50. The second-order valence-corrected chi connectivity index (χ2v) is 5.09. The summed E-state index contributed by atoms with van der Waals surface area (Å²) in [5.74, 6) is 0. The van der Waals surface area contributed by atoms with E-state index in [1.54, 1.807) is 0 Å². The molecule has 1 aliphatic rings. The van der Waals surface area contributed by atoms with Crippen molar-refractivity contribution < 1.29 is 0 Å². The minimum Gasteiger partial charge on any atom is -0.0884 e. The fraction of sp³-hybridized carbons (Fsp3) is 0.455. The van der Waals surface area contributed by atoms with Gasteiger partial charge in [0.05, 0.1) is 0 Å². The minimum absolute atomic E-state index is 0.529. The third kappa shape index (κ3) is 1.56. The van der Waals surface area contributed by atoms with Gasteiger partial charge in [0, 0.05) is 4.83 Å². The Labute approximate surface area is 82.1 Å². The van der Waals surface area contributed by atoms with Crippen LogP contribution in [0.2, 0.25) is 0 Å². The van der Waals surface area contributed by atoms with Gasteiger partial charge in [0.15, 0.2) is 0 Å². The molecule has 0 radical (unpaired) electrons. The van der Waals surface area contributed by atoms with E-state index in [0.717, 1.165) is 4.83 Å². The highest BCUT2D eigenvalue weighted by Crippen LogP contribution is 2.53. The molecule has 12 heavy (non-hydrogen) atoms. The Balaban J connectivity index is 2.06. The summed E-state index contributed by atoms with van der Waals surface area (Å²) in [6.07, 6.45) is 2.53. The minimum atomic E-state index is 0.529. The maximum atomic E-state index is 3.66. The van der Waals surface area contributed by atoms with Crippen LogP contribution in [-0.2, 0) is 6.42 Å². The van der Waals surface area contributed by atoms with E-state index < -0.39 is 0 Å². The lowest BCUT2D eigenvalue weighted by molar-refractivity contribution is 0.576. The van der Waals surface area contributed by atoms with Crippen molar-refractivity contribution in [2.24, 2.45) is 5.41 Å². The van der Waals surface area contributed by atoms with Crippen LogP contribution in [0.4, 0.5) is 0 Å². The van der Waals surface area contributed by atoms with Crippen LogP contribution in [0, 0.1) is 5.41 Å². The fourth-order valence-electron chi connectivity index (χ4n) is 1.60. The molecule has 0 amide bonds. The van der Waals surface area contributed by atoms with E-state index in [9.17, 15) is 0 Å². The Bertz CT molecular complexity index is 268.